The summed E-state index contributed by atoms with van der Waals surface area (Å²) < 4.78 is 44.7. The average molecular weight is 383 g/mol. The summed E-state index contributed by atoms with van der Waals surface area (Å²) in [6.45, 7) is 3.98. The second-order valence-electron chi connectivity index (χ2n) is 6.14. The Kier molecular flexibility index (Phi) is 6.23. The Bertz CT molecular complexity index is 804. The van der Waals surface area contributed by atoms with Crippen molar-refractivity contribution in [3.8, 4) is 16.9 Å². The van der Waals surface area contributed by atoms with E-state index in [9.17, 15) is 18.0 Å². The molecule has 0 aromatic heterocycles. The van der Waals surface area contributed by atoms with Gasteiger partial charge in [-0.05, 0) is 46.9 Å². The van der Waals surface area contributed by atoms with Crippen LogP contribution in [0, 0.1) is 0 Å². The summed E-state index contributed by atoms with van der Waals surface area (Å²) in [4.78, 5) is 11.1. The minimum Gasteiger partial charge on any atom is -0.496 e. The summed E-state index contributed by atoms with van der Waals surface area (Å²) in [5.41, 5.74) is 1.84. The molecule has 0 saturated heterocycles. The van der Waals surface area contributed by atoms with Crippen molar-refractivity contribution in [1.29, 1.82) is 0 Å². The Morgan fingerprint density at radius 1 is 1.15 bits per heavy atom. The van der Waals surface area contributed by atoms with E-state index in [4.69, 9.17) is 4.74 Å². The average Bonchev–Trinajstić information content (AvgIpc) is 2.58. The summed E-state index contributed by atoms with van der Waals surface area (Å²) in [5, 5.41) is 1.83. The Morgan fingerprint density at radius 2 is 1.85 bits per heavy atom. The van der Waals surface area contributed by atoms with Crippen LogP contribution in [-0.4, -0.2) is 12.3 Å². The van der Waals surface area contributed by atoms with Crippen molar-refractivity contribution < 1.29 is 22.7 Å². The van der Waals surface area contributed by atoms with Gasteiger partial charge in [-0.1, -0.05) is 38.6 Å². The van der Waals surface area contributed by atoms with Gasteiger partial charge in [0.1, 0.15) is 5.75 Å². The van der Waals surface area contributed by atoms with E-state index in [1.807, 2.05) is 26.0 Å². The van der Waals surface area contributed by atoms with Gasteiger partial charge in [-0.3, -0.25) is 4.79 Å². The van der Waals surface area contributed by atoms with E-state index in [2.05, 4.69) is 17.9 Å². The van der Waals surface area contributed by atoms with E-state index in [0.29, 0.717) is 22.4 Å². The molecule has 0 aliphatic rings. The zero-order valence-electron chi connectivity index (χ0n) is 14.6. The third-order valence-corrected chi connectivity index (χ3v) is 4.20. The number of hydrogen-bond acceptors (Lipinski definition) is 2. The fraction of sp³-hybridized carbons (Fsp3) is 0.316. The molecule has 1 amide bonds. The number of nitrogens with one attached hydrogen (secondary N) is 1. The summed E-state index contributed by atoms with van der Waals surface area (Å²) in [5.74, 6) is 0.794. The second kappa shape index (κ2) is 8.03. The number of alkyl halides is 3. The molecule has 140 valence electrons. The van der Waals surface area contributed by atoms with Crippen molar-refractivity contribution in [1.82, 2.24) is 5.32 Å². The molecule has 2 aromatic rings. The lowest BCUT2D eigenvalue weighted by Crippen LogP contribution is -2.17. The third-order valence-electron chi connectivity index (χ3n) is 4.04. The minimum absolute atomic E-state index is 0.0728. The van der Waals surface area contributed by atoms with Gasteiger partial charge in [-0.2, -0.15) is 13.2 Å². The van der Waals surface area contributed by atoms with Gasteiger partial charge < -0.3 is 10.1 Å². The van der Waals surface area contributed by atoms with Crippen LogP contribution in [0.4, 0.5) is 18.0 Å². The molecule has 2 aromatic carbocycles. The van der Waals surface area contributed by atoms with Crippen molar-refractivity contribution in [2.75, 3.05) is 7.11 Å². The molecule has 7 heteroatoms. The van der Waals surface area contributed by atoms with Gasteiger partial charge in [-0.15, -0.1) is 0 Å². The summed E-state index contributed by atoms with van der Waals surface area (Å²) in [6, 6.07) is 9.10. The maximum atomic E-state index is 13.1. The first-order valence-corrected chi connectivity index (χ1v) is 8.43. The number of amides is 1. The molecule has 0 spiro atoms. The molecule has 0 aliphatic heterocycles. The summed E-state index contributed by atoms with van der Waals surface area (Å²) >= 11 is 3.62. The van der Waals surface area contributed by atoms with Crippen LogP contribution in [0.25, 0.3) is 11.1 Å². The third kappa shape index (κ3) is 4.72. The molecule has 0 bridgehead atoms. The van der Waals surface area contributed by atoms with E-state index in [0.717, 1.165) is 17.7 Å². The van der Waals surface area contributed by atoms with Crippen LogP contribution >= 0.6 is 12.6 Å². The molecule has 0 aliphatic carbocycles. The first kappa shape index (κ1) is 20.2. The van der Waals surface area contributed by atoms with E-state index in [1.54, 1.807) is 6.07 Å². The maximum absolute atomic E-state index is 13.1. The van der Waals surface area contributed by atoms with Gasteiger partial charge in [-0.25, -0.2) is 0 Å². The zero-order chi connectivity index (χ0) is 19.5. The molecule has 0 unspecified atom stereocenters. The maximum Gasteiger partial charge on any atom is 0.416 e. The molecule has 0 atom stereocenters. The SMILES string of the molecule is COc1ccc(C(C)C)cc1-c1ccc(C(F)(F)F)cc1CNC(=O)S. The molecule has 2 rings (SSSR count). The van der Waals surface area contributed by atoms with Crippen molar-refractivity contribution in [3.63, 3.8) is 0 Å². The van der Waals surface area contributed by atoms with Gasteiger partial charge in [0, 0.05) is 12.1 Å². The second-order valence-corrected chi connectivity index (χ2v) is 6.55. The lowest BCUT2D eigenvalue weighted by molar-refractivity contribution is -0.137. The number of carbonyl (C=O) groups excluding carboxylic acids is 1. The van der Waals surface area contributed by atoms with Crippen LogP contribution in [0.1, 0.15) is 36.5 Å². The first-order valence-electron chi connectivity index (χ1n) is 7.98. The lowest BCUT2D eigenvalue weighted by Gasteiger charge is -2.18. The Labute approximate surface area is 156 Å². The minimum atomic E-state index is -4.47. The number of methoxy groups -OCH3 is 1. The largest absolute Gasteiger partial charge is 0.496 e. The van der Waals surface area contributed by atoms with Crippen molar-refractivity contribution in [2.45, 2.75) is 32.5 Å². The highest BCUT2D eigenvalue weighted by molar-refractivity contribution is 7.96. The van der Waals surface area contributed by atoms with Gasteiger partial charge in [0.2, 0.25) is 0 Å². The number of thiol groups is 1. The topological polar surface area (TPSA) is 38.3 Å². The molecule has 26 heavy (non-hydrogen) atoms. The zero-order valence-corrected chi connectivity index (χ0v) is 15.5. The van der Waals surface area contributed by atoms with E-state index in [1.165, 1.54) is 13.2 Å². The normalized spacial score (nSPS) is 11.5. The number of benzene rings is 2. The quantitative estimate of drug-likeness (QED) is 0.656. The molecule has 0 saturated carbocycles. The summed E-state index contributed by atoms with van der Waals surface area (Å²) in [6.07, 6.45) is -4.47. The Balaban J connectivity index is 2.63. The molecule has 1 N–H and O–H groups in total. The molecule has 0 radical (unpaired) electrons. The van der Waals surface area contributed by atoms with Crippen LogP contribution in [0.2, 0.25) is 0 Å². The molecule has 0 heterocycles. The molecule has 3 nitrogen and oxygen atoms in total. The van der Waals surface area contributed by atoms with E-state index < -0.39 is 17.0 Å². The number of ether oxygens (including phenoxy) is 1. The molecular formula is C19H20F3NO2S. The van der Waals surface area contributed by atoms with Crippen molar-refractivity contribution >= 4 is 17.9 Å². The van der Waals surface area contributed by atoms with Crippen molar-refractivity contribution in [2.24, 2.45) is 0 Å². The van der Waals surface area contributed by atoms with E-state index >= 15 is 0 Å². The summed E-state index contributed by atoms with van der Waals surface area (Å²) in [7, 11) is 1.51. The van der Waals surface area contributed by atoms with Crippen molar-refractivity contribution in [3.05, 3.63) is 53.1 Å². The fourth-order valence-electron chi connectivity index (χ4n) is 2.65. The van der Waals surface area contributed by atoms with Crippen LogP contribution in [-0.2, 0) is 12.7 Å². The van der Waals surface area contributed by atoms with E-state index in [-0.39, 0.29) is 12.5 Å². The predicted octanol–water partition coefficient (Wildman–Crippen LogP) is 5.64. The molecule has 0 fully saturated rings. The van der Waals surface area contributed by atoms with Gasteiger partial charge in [0.15, 0.2) is 0 Å². The highest BCUT2D eigenvalue weighted by Gasteiger charge is 2.31. The number of hydrogen-bond donors (Lipinski definition) is 2. The van der Waals surface area contributed by atoms with Crippen LogP contribution in [0.15, 0.2) is 36.4 Å². The number of carbonyl (C=O) groups is 1. The number of rotatable bonds is 5. The smallest absolute Gasteiger partial charge is 0.416 e. The van der Waals surface area contributed by atoms with Crippen LogP contribution in [0.5, 0.6) is 5.75 Å². The number of halogens is 3. The van der Waals surface area contributed by atoms with Gasteiger partial charge in [0.25, 0.3) is 5.24 Å². The van der Waals surface area contributed by atoms with Gasteiger partial charge in [0.05, 0.1) is 12.7 Å². The standard InChI is InChI=1S/C19H20F3NO2S/c1-11(2)12-4-7-17(25-3)16(9-12)15-6-5-14(19(20,21)22)8-13(15)10-23-18(24)26/h4-9,11H,10H2,1-3H3,(H2,23,24,26). The fourth-order valence-corrected chi connectivity index (χ4v) is 2.72. The highest BCUT2D eigenvalue weighted by atomic mass is 32.1. The Hall–Kier alpha value is -2.15. The first-order chi connectivity index (χ1) is 12.1. The predicted molar refractivity (Wildman–Crippen MR) is 98.7 cm³/mol. The highest BCUT2D eigenvalue weighted by Crippen LogP contribution is 2.38. The lowest BCUT2D eigenvalue weighted by atomic mass is 9.92. The van der Waals surface area contributed by atoms with Crippen LogP contribution in [0.3, 0.4) is 0 Å². The molecular weight excluding hydrogens is 363 g/mol. The van der Waals surface area contributed by atoms with Crippen LogP contribution < -0.4 is 10.1 Å². The monoisotopic (exact) mass is 383 g/mol. The van der Waals surface area contributed by atoms with Gasteiger partial charge >= 0.3 is 6.18 Å². The Morgan fingerprint density at radius 3 is 2.38 bits per heavy atom.